The van der Waals surface area contributed by atoms with Gasteiger partial charge in [-0.2, -0.15) is 0 Å². The molecule has 108 valence electrons. The highest BCUT2D eigenvalue weighted by Gasteiger charge is 2.17. The molecule has 2 N–H and O–H groups in total. The summed E-state index contributed by atoms with van der Waals surface area (Å²) in [6.07, 6.45) is 0. The van der Waals surface area contributed by atoms with E-state index in [0.29, 0.717) is 0 Å². The van der Waals surface area contributed by atoms with E-state index in [0.717, 1.165) is 4.90 Å². The van der Waals surface area contributed by atoms with E-state index in [2.05, 4.69) is 10.1 Å². The summed E-state index contributed by atoms with van der Waals surface area (Å²) in [5.74, 6) is -1.79. The number of amides is 2. The number of nitrogens with zero attached hydrogens (tertiary/aromatic N) is 1. The minimum absolute atomic E-state index is 0.0479. The molecule has 20 heavy (non-hydrogen) atoms. The molecule has 0 saturated heterocycles. The Labute approximate surface area is 120 Å². The summed E-state index contributed by atoms with van der Waals surface area (Å²) in [5.41, 5.74) is -0.0547. The van der Waals surface area contributed by atoms with E-state index in [1.165, 1.54) is 32.4 Å². The van der Waals surface area contributed by atoms with Crippen molar-refractivity contribution in [1.82, 2.24) is 4.90 Å². The van der Waals surface area contributed by atoms with Crippen molar-refractivity contribution < 1.29 is 24.2 Å². The third-order valence-corrected chi connectivity index (χ3v) is 2.63. The Morgan fingerprint density at radius 3 is 2.60 bits per heavy atom. The lowest BCUT2D eigenvalue weighted by molar-refractivity contribution is -0.140. The quantitative estimate of drug-likeness (QED) is 0.825. The number of ether oxygens (including phenoxy) is 1. The Hall–Kier alpha value is -2.28. The molecule has 0 radical (unpaired) electrons. The Morgan fingerprint density at radius 2 is 2.05 bits per heavy atom. The van der Waals surface area contributed by atoms with E-state index in [1.807, 2.05) is 0 Å². The molecule has 1 aromatic carbocycles. The third-order valence-electron chi connectivity index (χ3n) is 2.39. The molecule has 2 amide bonds. The van der Waals surface area contributed by atoms with Crippen LogP contribution in [0.4, 0.5) is 10.5 Å². The van der Waals surface area contributed by atoms with Gasteiger partial charge in [-0.1, -0.05) is 11.6 Å². The average Bonchev–Trinajstić information content (AvgIpc) is 2.38. The van der Waals surface area contributed by atoms with E-state index in [9.17, 15) is 14.4 Å². The standard InChI is InChI=1S/C12H13ClN2O5/c1-15(6-10(16)20-2)12(19)14-9-5-7(13)3-4-8(9)11(17)18/h3-5H,6H2,1-2H3,(H,14,19)(H,17,18). The summed E-state index contributed by atoms with van der Waals surface area (Å²) in [6.45, 7) is -0.259. The van der Waals surface area contributed by atoms with Crippen LogP contribution in [-0.2, 0) is 9.53 Å². The minimum Gasteiger partial charge on any atom is -0.478 e. The Morgan fingerprint density at radius 1 is 1.40 bits per heavy atom. The van der Waals surface area contributed by atoms with Crippen LogP contribution in [0.15, 0.2) is 18.2 Å². The average molecular weight is 301 g/mol. The molecule has 0 aliphatic rings. The minimum atomic E-state index is -1.20. The first-order valence-corrected chi connectivity index (χ1v) is 5.84. The lowest BCUT2D eigenvalue weighted by Crippen LogP contribution is -2.36. The van der Waals surface area contributed by atoms with Crippen LogP contribution in [0.25, 0.3) is 0 Å². The molecule has 8 heteroatoms. The zero-order valence-electron chi connectivity index (χ0n) is 10.8. The second kappa shape index (κ2) is 6.76. The number of carboxylic acid groups (broad SMARTS) is 1. The smallest absolute Gasteiger partial charge is 0.337 e. The number of methoxy groups -OCH3 is 1. The van der Waals surface area contributed by atoms with Crippen LogP contribution in [0.5, 0.6) is 0 Å². The van der Waals surface area contributed by atoms with E-state index in [4.69, 9.17) is 16.7 Å². The molecule has 7 nitrogen and oxygen atoms in total. The number of carbonyl (C=O) groups is 3. The van der Waals surface area contributed by atoms with Gasteiger partial charge < -0.3 is 20.1 Å². The number of carboxylic acids is 1. The third kappa shape index (κ3) is 4.13. The predicted octanol–water partition coefficient (Wildman–Crippen LogP) is 1.67. The number of halogens is 1. The fourth-order valence-corrected chi connectivity index (χ4v) is 1.52. The number of urea groups is 1. The number of likely N-dealkylation sites (N-methyl/N-ethyl adjacent to an activating group) is 1. The largest absolute Gasteiger partial charge is 0.478 e. The summed E-state index contributed by atoms with van der Waals surface area (Å²) in [7, 11) is 2.57. The van der Waals surface area contributed by atoms with Crippen molar-refractivity contribution in [2.75, 3.05) is 26.0 Å². The molecule has 0 saturated carbocycles. The van der Waals surface area contributed by atoms with Gasteiger partial charge in [-0.25, -0.2) is 9.59 Å². The van der Waals surface area contributed by atoms with Crippen molar-refractivity contribution in [2.24, 2.45) is 0 Å². The predicted molar refractivity (Wildman–Crippen MR) is 72.1 cm³/mol. The SMILES string of the molecule is COC(=O)CN(C)C(=O)Nc1cc(Cl)ccc1C(=O)O. The number of carbonyl (C=O) groups excluding carboxylic acids is 2. The van der Waals surface area contributed by atoms with Gasteiger partial charge in [-0.3, -0.25) is 4.79 Å². The molecule has 0 unspecified atom stereocenters. The molecule has 0 bridgehead atoms. The first-order chi connectivity index (χ1) is 9.35. The fraction of sp³-hybridized carbons (Fsp3) is 0.250. The topological polar surface area (TPSA) is 95.9 Å². The normalized spacial score (nSPS) is 9.75. The van der Waals surface area contributed by atoms with Gasteiger partial charge in [0.05, 0.1) is 18.4 Å². The summed E-state index contributed by atoms with van der Waals surface area (Å²) in [6, 6.07) is 3.34. The molecule has 0 aliphatic heterocycles. The zero-order chi connectivity index (χ0) is 15.3. The van der Waals surface area contributed by atoms with Crippen LogP contribution in [0, 0.1) is 0 Å². The van der Waals surface area contributed by atoms with Gasteiger partial charge >= 0.3 is 18.0 Å². The molecule has 0 fully saturated rings. The first kappa shape index (κ1) is 15.8. The van der Waals surface area contributed by atoms with Gasteiger partial charge in [-0.15, -0.1) is 0 Å². The second-order valence-corrected chi connectivity index (χ2v) is 4.29. The summed E-state index contributed by atoms with van der Waals surface area (Å²) < 4.78 is 4.43. The molecule has 0 aliphatic carbocycles. The summed E-state index contributed by atoms with van der Waals surface area (Å²) in [5, 5.41) is 11.7. The van der Waals surface area contributed by atoms with E-state index >= 15 is 0 Å². The fourth-order valence-electron chi connectivity index (χ4n) is 1.35. The summed E-state index contributed by atoms with van der Waals surface area (Å²) in [4.78, 5) is 35.0. The first-order valence-electron chi connectivity index (χ1n) is 5.47. The van der Waals surface area contributed by atoms with Crippen LogP contribution >= 0.6 is 11.6 Å². The Balaban J connectivity index is 2.87. The van der Waals surface area contributed by atoms with Crippen LogP contribution in [-0.4, -0.2) is 48.7 Å². The van der Waals surface area contributed by atoms with Crippen molar-refractivity contribution in [3.8, 4) is 0 Å². The molecular weight excluding hydrogens is 288 g/mol. The number of rotatable bonds is 4. The number of nitrogens with one attached hydrogen (secondary N) is 1. The lowest BCUT2D eigenvalue weighted by Gasteiger charge is -2.17. The maximum absolute atomic E-state index is 11.8. The summed E-state index contributed by atoms with van der Waals surface area (Å²) >= 11 is 5.76. The molecule has 1 aromatic rings. The Bertz CT molecular complexity index is 547. The molecule has 0 aromatic heterocycles. The van der Waals surface area contributed by atoms with Crippen LogP contribution in [0.3, 0.4) is 0 Å². The number of benzene rings is 1. The number of anilines is 1. The second-order valence-electron chi connectivity index (χ2n) is 3.86. The maximum atomic E-state index is 11.8. The van der Waals surface area contributed by atoms with E-state index < -0.39 is 18.0 Å². The molecular formula is C12H13ClN2O5. The van der Waals surface area contributed by atoms with Crippen molar-refractivity contribution >= 4 is 35.3 Å². The monoisotopic (exact) mass is 300 g/mol. The lowest BCUT2D eigenvalue weighted by atomic mass is 10.2. The Kier molecular flexibility index (Phi) is 5.33. The highest BCUT2D eigenvalue weighted by atomic mass is 35.5. The van der Waals surface area contributed by atoms with Gasteiger partial charge in [0, 0.05) is 12.1 Å². The van der Waals surface area contributed by atoms with E-state index in [-0.39, 0.29) is 22.8 Å². The molecule has 0 heterocycles. The maximum Gasteiger partial charge on any atom is 0.337 e. The van der Waals surface area contributed by atoms with Crippen LogP contribution in [0.1, 0.15) is 10.4 Å². The number of hydrogen-bond donors (Lipinski definition) is 2. The number of esters is 1. The van der Waals surface area contributed by atoms with Gasteiger partial charge in [-0.05, 0) is 18.2 Å². The highest BCUT2D eigenvalue weighted by molar-refractivity contribution is 6.31. The van der Waals surface area contributed by atoms with Gasteiger partial charge in [0.1, 0.15) is 6.54 Å². The molecule has 1 rings (SSSR count). The van der Waals surface area contributed by atoms with Gasteiger partial charge in [0.25, 0.3) is 0 Å². The highest BCUT2D eigenvalue weighted by Crippen LogP contribution is 2.21. The number of hydrogen-bond acceptors (Lipinski definition) is 4. The van der Waals surface area contributed by atoms with Crippen molar-refractivity contribution in [1.29, 1.82) is 0 Å². The van der Waals surface area contributed by atoms with Crippen LogP contribution in [0.2, 0.25) is 5.02 Å². The number of aromatic carboxylic acids is 1. The molecule has 0 spiro atoms. The van der Waals surface area contributed by atoms with Gasteiger partial charge in [0.15, 0.2) is 0 Å². The van der Waals surface area contributed by atoms with Crippen molar-refractivity contribution in [3.05, 3.63) is 28.8 Å². The molecule has 0 atom stereocenters. The van der Waals surface area contributed by atoms with Gasteiger partial charge in [0.2, 0.25) is 0 Å². The van der Waals surface area contributed by atoms with E-state index in [1.54, 1.807) is 0 Å². The zero-order valence-corrected chi connectivity index (χ0v) is 11.6. The van der Waals surface area contributed by atoms with Crippen molar-refractivity contribution in [3.63, 3.8) is 0 Å². The van der Waals surface area contributed by atoms with Crippen LogP contribution < -0.4 is 5.32 Å². The van der Waals surface area contributed by atoms with Crippen molar-refractivity contribution in [2.45, 2.75) is 0 Å².